The van der Waals surface area contributed by atoms with Crippen molar-refractivity contribution in [1.82, 2.24) is 29.8 Å². The molecule has 2 aromatic rings. The van der Waals surface area contributed by atoms with Crippen LogP contribution < -0.4 is 0 Å². The van der Waals surface area contributed by atoms with E-state index in [-0.39, 0.29) is 0 Å². The van der Waals surface area contributed by atoms with E-state index in [1.165, 1.54) is 50.2 Å². The topological polar surface area (TPSA) is 72.9 Å². The Labute approximate surface area is 160 Å². The Morgan fingerprint density at radius 1 is 1.11 bits per heavy atom. The maximum absolute atomic E-state index is 5.43. The van der Waals surface area contributed by atoms with E-state index >= 15 is 0 Å². The van der Waals surface area contributed by atoms with Gasteiger partial charge in [0, 0.05) is 24.8 Å². The number of hydrogen-bond donors (Lipinski definition) is 0. The lowest BCUT2D eigenvalue weighted by molar-refractivity contribution is 0.145. The number of fused-ring (bicyclic) bond motifs is 1. The summed E-state index contributed by atoms with van der Waals surface area (Å²) in [6, 6.07) is 0. The standard InChI is InChI=1S/C20H30N6O/c1-14(2)18-21-17(27-24-18)13-25-10-7-20(8-11-25)12-15(20)19-23-22-16-6-4-3-5-9-26(16)19/h14-15H,3-13H2,1-2H3/t15-/m1/s1. The summed E-state index contributed by atoms with van der Waals surface area (Å²) in [6.07, 6.45) is 8.73. The highest BCUT2D eigenvalue weighted by Crippen LogP contribution is 2.64. The molecule has 1 saturated carbocycles. The zero-order valence-electron chi connectivity index (χ0n) is 16.5. The van der Waals surface area contributed by atoms with E-state index in [0.29, 0.717) is 17.3 Å². The lowest BCUT2D eigenvalue weighted by Crippen LogP contribution is -2.34. The monoisotopic (exact) mass is 370 g/mol. The van der Waals surface area contributed by atoms with Gasteiger partial charge in [0.25, 0.3) is 0 Å². The van der Waals surface area contributed by atoms with Crippen LogP contribution in [0.15, 0.2) is 4.52 Å². The van der Waals surface area contributed by atoms with Crippen molar-refractivity contribution in [3.63, 3.8) is 0 Å². The first kappa shape index (κ1) is 17.3. The molecule has 2 aromatic heterocycles. The molecule has 5 rings (SSSR count). The van der Waals surface area contributed by atoms with Gasteiger partial charge in [-0.1, -0.05) is 25.4 Å². The Morgan fingerprint density at radius 3 is 2.74 bits per heavy atom. The van der Waals surface area contributed by atoms with Crippen LogP contribution in [-0.4, -0.2) is 42.9 Å². The van der Waals surface area contributed by atoms with Gasteiger partial charge < -0.3 is 9.09 Å². The van der Waals surface area contributed by atoms with Crippen molar-refractivity contribution < 1.29 is 4.52 Å². The molecule has 146 valence electrons. The number of hydrogen-bond acceptors (Lipinski definition) is 6. The molecule has 1 atom stereocenters. The number of aromatic nitrogens is 5. The molecular weight excluding hydrogens is 340 g/mol. The van der Waals surface area contributed by atoms with Crippen LogP contribution in [0.5, 0.6) is 0 Å². The fourth-order valence-corrected chi connectivity index (χ4v) is 4.95. The van der Waals surface area contributed by atoms with Gasteiger partial charge in [0.1, 0.15) is 11.6 Å². The van der Waals surface area contributed by atoms with Crippen molar-refractivity contribution in [2.24, 2.45) is 5.41 Å². The molecule has 0 aromatic carbocycles. The third kappa shape index (κ3) is 3.20. The summed E-state index contributed by atoms with van der Waals surface area (Å²) < 4.78 is 7.88. The van der Waals surface area contributed by atoms with Crippen molar-refractivity contribution in [3.05, 3.63) is 23.4 Å². The Hall–Kier alpha value is -1.76. The quantitative estimate of drug-likeness (QED) is 0.822. The molecule has 2 aliphatic heterocycles. The molecule has 0 radical (unpaired) electrons. The van der Waals surface area contributed by atoms with Gasteiger partial charge in [0.2, 0.25) is 5.89 Å². The second kappa shape index (κ2) is 6.69. The third-order valence-electron chi connectivity index (χ3n) is 6.85. The van der Waals surface area contributed by atoms with Crippen LogP contribution in [0.2, 0.25) is 0 Å². The zero-order valence-corrected chi connectivity index (χ0v) is 16.5. The number of aryl methyl sites for hydroxylation is 1. The molecule has 3 aliphatic rings. The lowest BCUT2D eigenvalue weighted by atomic mass is 9.90. The van der Waals surface area contributed by atoms with E-state index in [4.69, 9.17) is 4.52 Å². The lowest BCUT2D eigenvalue weighted by Gasteiger charge is -2.31. The van der Waals surface area contributed by atoms with E-state index in [9.17, 15) is 0 Å². The fraction of sp³-hybridized carbons (Fsp3) is 0.800. The second-order valence-electron chi connectivity index (χ2n) is 9.03. The highest BCUT2D eigenvalue weighted by molar-refractivity contribution is 5.21. The van der Waals surface area contributed by atoms with E-state index in [1.807, 2.05) is 0 Å². The van der Waals surface area contributed by atoms with Crippen molar-refractivity contribution in [2.75, 3.05) is 13.1 Å². The first-order chi connectivity index (χ1) is 13.1. The van der Waals surface area contributed by atoms with E-state index in [0.717, 1.165) is 44.3 Å². The molecule has 1 aliphatic carbocycles. The molecule has 7 heteroatoms. The number of piperidine rings is 1. The molecule has 7 nitrogen and oxygen atoms in total. The second-order valence-corrected chi connectivity index (χ2v) is 9.03. The van der Waals surface area contributed by atoms with Crippen LogP contribution in [0.25, 0.3) is 0 Å². The molecular formula is C20H30N6O. The number of nitrogens with zero attached hydrogens (tertiary/aromatic N) is 6. The minimum Gasteiger partial charge on any atom is -0.338 e. The van der Waals surface area contributed by atoms with Gasteiger partial charge in [-0.05, 0) is 50.6 Å². The SMILES string of the molecule is CC(C)c1noc(CN2CCC3(CC2)C[C@@H]3c2nnc3n2CCCCC3)n1. The predicted octanol–water partition coefficient (Wildman–Crippen LogP) is 3.28. The molecule has 27 heavy (non-hydrogen) atoms. The van der Waals surface area contributed by atoms with E-state index in [1.54, 1.807) is 0 Å². The molecule has 1 saturated heterocycles. The number of rotatable bonds is 4. The fourth-order valence-electron chi connectivity index (χ4n) is 4.95. The Kier molecular flexibility index (Phi) is 4.30. The van der Waals surface area contributed by atoms with E-state index < -0.39 is 0 Å². The summed E-state index contributed by atoms with van der Waals surface area (Å²) in [7, 11) is 0. The molecule has 4 heterocycles. The van der Waals surface area contributed by atoms with Crippen molar-refractivity contribution in [1.29, 1.82) is 0 Å². The van der Waals surface area contributed by atoms with Gasteiger partial charge in [-0.25, -0.2) is 0 Å². The smallest absolute Gasteiger partial charge is 0.240 e. The largest absolute Gasteiger partial charge is 0.338 e. The first-order valence-corrected chi connectivity index (χ1v) is 10.6. The van der Waals surface area contributed by atoms with Crippen LogP contribution >= 0.6 is 0 Å². The molecule has 0 N–H and O–H groups in total. The summed E-state index contributed by atoms with van der Waals surface area (Å²) >= 11 is 0. The molecule has 2 fully saturated rings. The van der Waals surface area contributed by atoms with Crippen LogP contribution in [0, 0.1) is 5.41 Å². The van der Waals surface area contributed by atoms with Crippen LogP contribution in [0.1, 0.15) is 87.6 Å². The van der Waals surface area contributed by atoms with Crippen LogP contribution in [0.4, 0.5) is 0 Å². The van der Waals surface area contributed by atoms with Crippen molar-refractivity contribution >= 4 is 0 Å². The molecule has 0 amide bonds. The van der Waals surface area contributed by atoms with Crippen molar-refractivity contribution in [3.8, 4) is 0 Å². The van der Waals surface area contributed by atoms with Gasteiger partial charge in [-0.3, -0.25) is 4.90 Å². The average molecular weight is 371 g/mol. The maximum Gasteiger partial charge on any atom is 0.240 e. The van der Waals surface area contributed by atoms with Gasteiger partial charge in [0.05, 0.1) is 6.54 Å². The van der Waals surface area contributed by atoms with Gasteiger partial charge in [0.15, 0.2) is 5.82 Å². The summed E-state index contributed by atoms with van der Waals surface area (Å²) in [6.45, 7) is 8.30. The zero-order chi connectivity index (χ0) is 18.4. The molecule has 1 spiro atoms. The Bertz CT molecular complexity index is 801. The predicted molar refractivity (Wildman–Crippen MR) is 100 cm³/mol. The van der Waals surface area contributed by atoms with Gasteiger partial charge >= 0.3 is 0 Å². The van der Waals surface area contributed by atoms with Gasteiger partial charge in [-0.2, -0.15) is 4.98 Å². The summed E-state index contributed by atoms with van der Waals surface area (Å²) in [5.41, 5.74) is 0.463. The molecule has 0 unspecified atom stereocenters. The summed E-state index contributed by atoms with van der Waals surface area (Å²) in [5.74, 6) is 5.00. The van der Waals surface area contributed by atoms with Crippen molar-refractivity contribution in [2.45, 2.75) is 83.7 Å². The summed E-state index contributed by atoms with van der Waals surface area (Å²) in [5, 5.41) is 13.2. The minimum atomic E-state index is 0.317. The highest BCUT2D eigenvalue weighted by atomic mass is 16.5. The minimum absolute atomic E-state index is 0.317. The Morgan fingerprint density at radius 2 is 1.96 bits per heavy atom. The highest BCUT2D eigenvalue weighted by Gasteiger charge is 2.57. The first-order valence-electron chi connectivity index (χ1n) is 10.6. The van der Waals surface area contributed by atoms with Crippen LogP contribution in [0.3, 0.4) is 0 Å². The van der Waals surface area contributed by atoms with Gasteiger partial charge in [-0.15, -0.1) is 10.2 Å². The van der Waals surface area contributed by atoms with Crippen LogP contribution in [-0.2, 0) is 19.5 Å². The van der Waals surface area contributed by atoms with E-state index in [2.05, 4.69) is 43.7 Å². The molecule has 0 bridgehead atoms. The third-order valence-corrected chi connectivity index (χ3v) is 6.85. The average Bonchev–Trinajstić information content (AvgIpc) is 3.01. The summed E-state index contributed by atoms with van der Waals surface area (Å²) in [4.78, 5) is 6.99. The number of likely N-dealkylation sites (tertiary alicyclic amines) is 1. The normalized spacial score (nSPS) is 24.9. The Balaban J connectivity index is 1.21. The maximum atomic E-state index is 5.43.